The van der Waals surface area contributed by atoms with Gasteiger partial charge in [0.2, 0.25) is 0 Å². The van der Waals surface area contributed by atoms with Gasteiger partial charge in [-0.25, -0.2) is 0 Å². The number of carboxylic acids is 1. The smallest absolute Gasteiger partial charge is 0.306 e. The Morgan fingerprint density at radius 2 is 1.78 bits per heavy atom. The lowest BCUT2D eigenvalue weighted by Crippen LogP contribution is -2.50. The molecule has 0 aromatic carbocycles. The highest BCUT2D eigenvalue weighted by Crippen LogP contribution is 2.34. The zero-order chi connectivity index (χ0) is 12.7. The summed E-state index contributed by atoms with van der Waals surface area (Å²) in [5.41, 5.74) is 0. The second-order valence-electron chi connectivity index (χ2n) is 6.31. The molecule has 3 aliphatic rings. The highest BCUT2D eigenvalue weighted by atomic mass is 16.4. The predicted molar refractivity (Wildman–Crippen MR) is 69.5 cm³/mol. The van der Waals surface area contributed by atoms with Crippen LogP contribution < -0.4 is 0 Å². The number of hydrogen-bond acceptors (Lipinski definition) is 3. The summed E-state index contributed by atoms with van der Waals surface area (Å²) in [6, 6.07) is 1.46. The molecule has 0 aliphatic carbocycles. The topological polar surface area (TPSA) is 43.8 Å². The lowest BCUT2D eigenvalue weighted by Gasteiger charge is -2.40. The Morgan fingerprint density at radius 3 is 2.50 bits per heavy atom. The van der Waals surface area contributed by atoms with Crippen LogP contribution in [0, 0.1) is 11.8 Å². The number of piperidine rings is 1. The molecule has 3 rings (SSSR count). The fourth-order valence-electron chi connectivity index (χ4n) is 4.33. The molecule has 4 heteroatoms. The summed E-state index contributed by atoms with van der Waals surface area (Å²) in [4.78, 5) is 16.4. The van der Waals surface area contributed by atoms with E-state index in [1.165, 1.54) is 32.4 Å². The SMILES string of the molecule is CC1CN(C2CCN3CCCC23)CCC1C(=O)O. The number of fused-ring (bicyclic) bond motifs is 1. The number of aliphatic carboxylic acids is 1. The maximum absolute atomic E-state index is 11.1. The largest absolute Gasteiger partial charge is 0.481 e. The van der Waals surface area contributed by atoms with E-state index in [-0.39, 0.29) is 5.92 Å². The standard InChI is InChI=1S/C14H24N2O2/c1-10-9-16(7-4-11(10)14(17)18)13-5-8-15-6-2-3-12(13)15/h10-13H,2-9H2,1H3,(H,17,18). The molecule has 3 heterocycles. The first kappa shape index (κ1) is 12.4. The summed E-state index contributed by atoms with van der Waals surface area (Å²) in [5.74, 6) is -0.426. The first-order valence-electron chi connectivity index (χ1n) is 7.37. The third-order valence-electron chi connectivity index (χ3n) is 5.29. The summed E-state index contributed by atoms with van der Waals surface area (Å²) in [6.07, 6.45) is 4.81. The van der Waals surface area contributed by atoms with Crippen molar-refractivity contribution >= 4 is 5.97 Å². The molecule has 18 heavy (non-hydrogen) atoms. The van der Waals surface area contributed by atoms with E-state index in [1.54, 1.807) is 0 Å². The van der Waals surface area contributed by atoms with E-state index < -0.39 is 5.97 Å². The summed E-state index contributed by atoms with van der Waals surface area (Å²) in [6.45, 7) is 6.60. The van der Waals surface area contributed by atoms with Gasteiger partial charge in [0.05, 0.1) is 5.92 Å². The van der Waals surface area contributed by atoms with Crippen molar-refractivity contribution in [1.29, 1.82) is 0 Å². The molecule has 0 spiro atoms. The fourth-order valence-corrected chi connectivity index (χ4v) is 4.33. The molecule has 102 valence electrons. The average Bonchev–Trinajstić information content (AvgIpc) is 2.89. The molecular formula is C14H24N2O2. The van der Waals surface area contributed by atoms with Gasteiger partial charge in [-0.1, -0.05) is 6.92 Å². The van der Waals surface area contributed by atoms with Gasteiger partial charge in [-0.15, -0.1) is 0 Å². The molecule has 0 aromatic heterocycles. The minimum absolute atomic E-state index is 0.123. The lowest BCUT2D eigenvalue weighted by atomic mass is 9.85. The fraction of sp³-hybridized carbons (Fsp3) is 0.929. The van der Waals surface area contributed by atoms with Crippen LogP contribution in [0.5, 0.6) is 0 Å². The van der Waals surface area contributed by atoms with Gasteiger partial charge >= 0.3 is 5.97 Å². The molecule has 3 saturated heterocycles. The maximum atomic E-state index is 11.1. The van der Waals surface area contributed by atoms with Crippen LogP contribution in [-0.4, -0.2) is 59.1 Å². The van der Waals surface area contributed by atoms with Gasteiger partial charge in [-0.05, 0) is 44.7 Å². The number of nitrogens with zero attached hydrogens (tertiary/aromatic N) is 2. The molecule has 0 radical (unpaired) electrons. The number of hydrogen-bond donors (Lipinski definition) is 1. The van der Waals surface area contributed by atoms with E-state index >= 15 is 0 Å². The summed E-state index contributed by atoms with van der Waals surface area (Å²) < 4.78 is 0. The molecule has 4 atom stereocenters. The van der Waals surface area contributed by atoms with E-state index in [1.807, 2.05) is 0 Å². The van der Waals surface area contributed by atoms with Gasteiger partial charge in [0.25, 0.3) is 0 Å². The van der Waals surface area contributed by atoms with Crippen LogP contribution in [-0.2, 0) is 4.79 Å². The Hall–Kier alpha value is -0.610. The van der Waals surface area contributed by atoms with Gasteiger partial charge in [-0.2, -0.15) is 0 Å². The maximum Gasteiger partial charge on any atom is 0.306 e. The monoisotopic (exact) mass is 252 g/mol. The summed E-state index contributed by atoms with van der Waals surface area (Å²) in [5, 5.41) is 9.18. The van der Waals surface area contributed by atoms with Crippen LogP contribution in [0.4, 0.5) is 0 Å². The molecule has 1 N–H and O–H groups in total. The third-order valence-corrected chi connectivity index (χ3v) is 5.29. The van der Waals surface area contributed by atoms with Crippen LogP contribution in [0.25, 0.3) is 0 Å². The Balaban J connectivity index is 1.63. The van der Waals surface area contributed by atoms with Crippen molar-refractivity contribution in [3.8, 4) is 0 Å². The molecular weight excluding hydrogens is 228 g/mol. The van der Waals surface area contributed by atoms with Crippen molar-refractivity contribution < 1.29 is 9.90 Å². The lowest BCUT2D eigenvalue weighted by molar-refractivity contribution is -0.145. The minimum Gasteiger partial charge on any atom is -0.481 e. The number of likely N-dealkylation sites (tertiary alicyclic amines) is 1. The van der Waals surface area contributed by atoms with Crippen molar-refractivity contribution in [1.82, 2.24) is 9.80 Å². The molecule has 4 unspecified atom stereocenters. The van der Waals surface area contributed by atoms with Crippen molar-refractivity contribution in [3.63, 3.8) is 0 Å². The van der Waals surface area contributed by atoms with Gasteiger partial charge < -0.3 is 5.11 Å². The average molecular weight is 252 g/mol. The van der Waals surface area contributed by atoms with Gasteiger partial charge in [-0.3, -0.25) is 14.6 Å². The molecule has 3 fully saturated rings. The molecule has 0 amide bonds. The Kier molecular flexibility index (Phi) is 3.32. The first-order chi connectivity index (χ1) is 8.66. The van der Waals surface area contributed by atoms with Gasteiger partial charge in [0.1, 0.15) is 0 Å². The Bertz CT molecular complexity index is 334. The number of carbonyl (C=O) groups is 1. The van der Waals surface area contributed by atoms with Crippen molar-refractivity contribution in [2.75, 3.05) is 26.2 Å². The Morgan fingerprint density at radius 1 is 1.06 bits per heavy atom. The van der Waals surface area contributed by atoms with E-state index in [9.17, 15) is 9.90 Å². The van der Waals surface area contributed by atoms with Gasteiger partial charge in [0, 0.05) is 25.2 Å². The van der Waals surface area contributed by atoms with E-state index in [4.69, 9.17) is 0 Å². The van der Waals surface area contributed by atoms with Gasteiger partial charge in [0.15, 0.2) is 0 Å². The van der Waals surface area contributed by atoms with Crippen molar-refractivity contribution in [2.24, 2.45) is 11.8 Å². The molecule has 4 nitrogen and oxygen atoms in total. The van der Waals surface area contributed by atoms with Crippen LogP contribution in [0.3, 0.4) is 0 Å². The zero-order valence-corrected chi connectivity index (χ0v) is 11.2. The third kappa shape index (κ3) is 2.05. The van der Waals surface area contributed by atoms with E-state index in [0.29, 0.717) is 12.0 Å². The summed E-state index contributed by atoms with van der Waals surface area (Å²) in [7, 11) is 0. The first-order valence-corrected chi connectivity index (χ1v) is 7.37. The molecule has 3 aliphatic heterocycles. The molecule has 0 aromatic rings. The second kappa shape index (κ2) is 4.82. The van der Waals surface area contributed by atoms with Crippen LogP contribution >= 0.6 is 0 Å². The Labute approximate surface area is 109 Å². The van der Waals surface area contributed by atoms with Crippen molar-refractivity contribution in [3.05, 3.63) is 0 Å². The van der Waals surface area contributed by atoms with Crippen LogP contribution in [0.2, 0.25) is 0 Å². The number of carboxylic acid groups (broad SMARTS) is 1. The van der Waals surface area contributed by atoms with Crippen LogP contribution in [0.1, 0.15) is 32.6 Å². The number of rotatable bonds is 2. The van der Waals surface area contributed by atoms with Crippen molar-refractivity contribution in [2.45, 2.75) is 44.7 Å². The second-order valence-corrected chi connectivity index (χ2v) is 6.31. The summed E-state index contributed by atoms with van der Waals surface area (Å²) >= 11 is 0. The minimum atomic E-state index is -0.601. The highest BCUT2D eigenvalue weighted by molar-refractivity contribution is 5.70. The van der Waals surface area contributed by atoms with E-state index in [0.717, 1.165) is 25.6 Å². The molecule has 0 saturated carbocycles. The quantitative estimate of drug-likeness (QED) is 0.803. The van der Waals surface area contributed by atoms with E-state index in [2.05, 4.69) is 16.7 Å². The highest BCUT2D eigenvalue weighted by Gasteiger charge is 2.42. The van der Waals surface area contributed by atoms with Crippen LogP contribution in [0.15, 0.2) is 0 Å². The predicted octanol–water partition coefficient (Wildman–Crippen LogP) is 1.27. The zero-order valence-electron chi connectivity index (χ0n) is 11.2. The normalized spacial score (nSPS) is 42.1. The molecule has 0 bridgehead atoms.